The minimum Gasteiger partial charge on any atom is -0.508 e. The molecule has 1 amide bonds. The van der Waals surface area contributed by atoms with Crippen LogP contribution in [0.15, 0.2) is 84.4 Å². The van der Waals surface area contributed by atoms with Gasteiger partial charge >= 0.3 is 6.09 Å². The summed E-state index contributed by atoms with van der Waals surface area (Å²) in [6.07, 6.45) is 1.56. The van der Waals surface area contributed by atoms with E-state index in [1.54, 1.807) is 49.4 Å². The molecule has 2 aromatic rings. The highest BCUT2D eigenvalue weighted by molar-refractivity contribution is 6.32. The number of ether oxygens (including phenoxy) is 1. The number of benzene rings is 2. The Labute approximate surface area is 192 Å². The van der Waals surface area contributed by atoms with E-state index in [1.807, 2.05) is 12.1 Å². The van der Waals surface area contributed by atoms with Crippen molar-refractivity contribution < 1.29 is 14.6 Å². The summed E-state index contributed by atoms with van der Waals surface area (Å²) in [5, 5.41) is 28.8. The third-order valence-electron chi connectivity index (χ3n) is 4.73. The van der Waals surface area contributed by atoms with E-state index in [1.165, 1.54) is 13.0 Å². The van der Waals surface area contributed by atoms with E-state index < -0.39 is 18.2 Å². The number of carbonyl (C=O) groups excluding carboxylic acids is 1. The van der Waals surface area contributed by atoms with E-state index in [9.17, 15) is 9.90 Å². The fraction of sp³-hybridized carbons (Fsp3) is 0.160. The maximum Gasteiger partial charge on any atom is 0.408 e. The first-order valence-electron chi connectivity index (χ1n) is 9.82. The maximum atomic E-state index is 12.4. The largest absolute Gasteiger partial charge is 0.508 e. The quantitative estimate of drug-likeness (QED) is 0.285. The first-order valence-corrected chi connectivity index (χ1v) is 10.2. The van der Waals surface area contributed by atoms with Crippen molar-refractivity contribution >= 4 is 29.1 Å². The Morgan fingerprint density at radius 1 is 1.12 bits per heavy atom. The van der Waals surface area contributed by atoms with Gasteiger partial charge in [0.05, 0.1) is 5.71 Å². The van der Waals surface area contributed by atoms with Crippen LogP contribution in [-0.2, 0) is 4.74 Å². The van der Waals surface area contributed by atoms with Gasteiger partial charge in [0.2, 0.25) is 0 Å². The molecule has 0 spiro atoms. The molecule has 0 aliphatic rings. The summed E-state index contributed by atoms with van der Waals surface area (Å²) in [5.74, 6) is 0.186. The van der Waals surface area contributed by atoms with E-state index in [2.05, 4.69) is 18.5 Å². The van der Waals surface area contributed by atoms with E-state index in [0.717, 1.165) is 11.1 Å². The van der Waals surface area contributed by atoms with Crippen LogP contribution in [0.2, 0.25) is 0 Å². The van der Waals surface area contributed by atoms with Crippen LogP contribution in [0, 0.1) is 10.8 Å². The second-order valence-electron chi connectivity index (χ2n) is 7.12. The summed E-state index contributed by atoms with van der Waals surface area (Å²) in [6, 6.07) is 13.0. The predicted octanol–water partition coefficient (Wildman–Crippen LogP) is 5.81. The van der Waals surface area contributed by atoms with Crippen LogP contribution in [0.25, 0.3) is 11.1 Å². The molecule has 0 aromatic heterocycles. The molecule has 6 nitrogen and oxygen atoms in total. The van der Waals surface area contributed by atoms with Gasteiger partial charge in [0.1, 0.15) is 17.9 Å². The SMILES string of the molecule is C=CC=C(Cl)C(=C)C(C)OC(=O)NC(C(C)=N)C(=N)c1ccc(-c2ccc(O)cc2)cc1. The van der Waals surface area contributed by atoms with Crippen molar-refractivity contribution in [3.63, 3.8) is 0 Å². The first-order chi connectivity index (χ1) is 15.1. The lowest BCUT2D eigenvalue weighted by Crippen LogP contribution is -2.46. The zero-order valence-corrected chi connectivity index (χ0v) is 18.7. The van der Waals surface area contributed by atoms with Gasteiger partial charge in [-0.3, -0.25) is 0 Å². The van der Waals surface area contributed by atoms with E-state index in [4.69, 9.17) is 27.2 Å². The fourth-order valence-electron chi connectivity index (χ4n) is 2.85. The van der Waals surface area contributed by atoms with Crippen LogP contribution in [-0.4, -0.2) is 34.8 Å². The molecule has 0 heterocycles. The molecule has 0 fully saturated rings. The Bertz CT molecular complexity index is 1060. The Hall–Kier alpha value is -3.64. The lowest BCUT2D eigenvalue weighted by molar-refractivity contribution is 0.124. The standard InChI is InChI=1S/C25H26ClN3O3/c1-5-6-22(26)15(2)17(4)32-25(31)29-24(16(3)27)23(28)20-9-7-18(8-10-20)19-11-13-21(30)14-12-19/h5-14,17,24,27-28,30H,1-2H2,3-4H3,(H,29,31). The van der Waals surface area contributed by atoms with Crippen molar-refractivity contribution in [1.29, 1.82) is 10.8 Å². The average Bonchev–Trinajstić information content (AvgIpc) is 2.77. The van der Waals surface area contributed by atoms with Crippen LogP contribution in [0.3, 0.4) is 0 Å². The van der Waals surface area contributed by atoms with E-state index in [-0.39, 0.29) is 17.2 Å². The number of halogens is 1. The molecular weight excluding hydrogens is 426 g/mol. The monoisotopic (exact) mass is 451 g/mol. The number of hydrogen-bond donors (Lipinski definition) is 4. The molecule has 0 radical (unpaired) electrons. The summed E-state index contributed by atoms with van der Waals surface area (Å²) >= 11 is 6.06. The number of phenolic OH excluding ortho intramolecular Hbond substituents is 1. The van der Waals surface area contributed by atoms with Gasteiger partial charge in [0.25, 0.3) is 0 Å². The molecule has 2 unspecified atom stereocenters. The smallest absolute Gasteiger partial charge is 0.408 e. The lowest BCUT2D eigenvalue weighted by atomic mass is 9.97. The number of nitrogens with one attached hydrogen (secondary N) is 3. The highest BCUT2D eigenvalue weighted by Gasteiger charge is 2.23. The van der Waals surface area contributed by atoms with Gasteiger partial charge in [-0.05, 0) is 48.7 Å². The van der Waals surface area contributed by atoms with Crippen molar-refractivity contribution in [3.8, 4) is 16.9 Å². The number of alkyl carbamates (subject to hydrolysis) is 1. The van der Waals surface area contributed by atoms with Crippen molar-refractivity contribution in [2.45, 2.75) is 26.0 Å². The zero-order valence-electron chi connectivity index (χ0n) is 18.0. The topological polar surface area (TPSA) is 106 Å². The fourth-order valence-corrected chi connectivity index (χ4v) is 3.09. The van der Waals surface area contributed by atoms with Crippen LogP contribution < -0.4 is 5.32 Å². The minimum atomic E-state index is -0.957. The number of allylic oxidation sites excluding steroid dienone is 2. The average molecular weight is 452 g/mol. The Kier molecular flexibility index (Phi) is 8.55. The van der Waals surface area contributed by atoms with Crippen molar-refractivity contribution in [2.24, 2.45) is 0 Å². The van der Waals surface area contributed by atoms with Gasteiger partial charge in [-0.15, -0.1) is 0 Å². The molecule has 0 aliphatic heterocycles. The van der Waals surface area contributed by atoms with Crippen molar-refractivity contribution in [1.82, 2.24) is 5.32 Å². The van der Waals surface area contributed by atoms with Crippen LogP contribution >= 0.6 is 11.6 Å². The third-order valence-corrected chi connectivity index (χ3v) is 5.09. The van der Waals surface area contributed by atoms with Crippen molar-refractivity contribution in [2.75, 3.05) is 0 Å². The van der Waals surface area contributed by atoms with Crippen LogP contribution in [0.1, 0.15) is 19.4 Å². The van der Waals surface area contributed by atoms with Gasteiger partial charge in [-0.1, -0.05) is 67.2 Å². The lowest BCUT2D eigenvalue weighted by Gasteiger charge is -2.21. The predicted molar refractivity (Wildman–Crippen MR) is 130 cm³/mol. The summed E-state index contributed by atoms with van der Waals surface area (Å²) in [6.45, 7) is 10.5. The number of aromatic hydroxyl groups is 1. The Morgan fingerprint density at radius 2 is 1.66 bits per heavy atom. The molecule has 4 N–H and O–H groups in total. The molecule has 2 aromatic carbocycles. The van der Waals surface area contributed by atoms with Gasteiger partial charge in [0, 0.05) is 16.3 Å². The van der Waals surface area contributed by atoms with E-state index in [0.29, 0.717) is 16.2 Å². The molecule has 0 saturated heterocycles. The van der Waals surface area contributed by atoms with Gasteiger partial charge < -0.3 is 26.0 Å². The zero-order chi connectivity index (χ0) is 23.8. The Balaban J connectivity index is 2.10. The maximum absolute atomic E-state index is 12.4. The molecule has 0 saturated carbocycles. The van der Waals surface area contributed by atoms with Crippen LogP contribution in [0.5, 0.6) is 5.75 Å². The van der Waals surface area contributed by atoms with Crippen molar-refractivity contribution in [3.05, 3.63) is 90.0 Å². The van der Waals surface area contributed by atoms with Gasteiger partial charge in [0.15, 0.2) is 0 Å². The summed E-state index contributed by atoms with van der Waals surface area (Å²) in [4.78, 5) is 12.4. The molecule has 2 atom stereocenters. The number of rotatable bonds is 9. The molecule has 7 heteroatoms. The van der Waals surface area contributed by atoms with Gasteiger partial charge in [-0.2, -0.15) is 0 Å². The number of phenols is 1. The second-order valence-corrected chi connectivity index (χ2v) is 7.53. The summed E-state index contributed by atoms with van der Waals surface area (Å²) in [7, 11) is 0. The third kappa shape index (κ3) is 6.43. The number of hydrogen-bond acceptors (Lipinski definition) is 5. The summed E-state index contributed by atoms with van der Waals surface area (Å²) < 4.78 is 5.31. The Morgan fingerprint density at radius 3 is 2.16 bits per heavy atom. The normalized spacial score (nSPS) is 12.9. The molecule has 166 valence electrons. The number of carbonyl (C=O) groups is 1. The highest BCUT2D eigenvalue weighted by atomic mass is 35.5. The van der Waals surface area contributed by atoms with Crippen LogP contribution in [0.4, 0.5) is 4.79 Å². The molecular formula is C25H26ClN3O3. The second kappa shape index (κ2) is 11.1. The highest BCUT2D eigenvalue weighted by Crippen LogP contribution is 2.23. The van der Waals surface area contributed by atoms with E-state index >= 15 is 0 Å². The van der Waals surface area contributed by atoms with Gasteiger partial charge in [-0.25, -0.2) is 4.79 Å². The number of amides is 1. The molecule has 0 bridgehead atoms. The molecule has 32 heavy (non-hydrogen) atoms. The minimum absolute atomic E-state index is 0.0581. The summed E-state index contributed by atoms with van der Waals surface area (Å²) in [5.41, 5.74) is 2.94. The molecule has 2 rings (SSSR count). The molecule has 0 aliphatic carbocycles. The first kappa shape index (κ1) is 24.6.